The Morgan fingerprint density at radius 3 is 1.81 bits per heavy atom. The molecule has 0 fully saturated rings. The molecular weight excluding hydrogens is 657 g/mol. The average molecular weight is 691 g/mol. The zero-order chi connectivity index (χ0) is 35.6. The molecule has 1 atom stereocenters. The Kier molecular flexibility index (Phi) is 6.96. The summed E-state index contributed by atoms with van der Waals surface area (Å²) in [7, 11) is 0. The van der Waals surface area contributed by atoms with Gasteiger partial charge in [0.25, 0.3) is 0 Å². The van der Waals surface area contributed by atoms with Crippen LogP contribution in [0.1, 0.15) is 17.9 Å². The normalized spacial score (nSPS) is 14.3. The van der Waals surface area contributed by atoms with Crippen LogP contribution in [0.2, 0.25) is 0 Å². The van der Waals surface area contributed by atoms with Crippen molar-refractivity contribution in [3.63, 3.8) is 0 Å². The topological polar surface area (TPSA) is 35.6 Å². The van der Waals surface area contributed by atoms with Crippen LogP contribution in [0.25, 0.3) is 88.5 Å². The molecule has 10 aromatic rings. The molecule has 7 aromatic carbocycles. The first-order valence-corrected chi connectivity index (χ1v) is 18.6. The lowest BCUT2D eigenvalue weighted by atomic mass is 9.92. The number of aromatic nitrogens is 4. The van der Waals surface area contributed by atoms with Crippen molar-refractivity contribution in [1.82, 2.24) is 19.1 Å². The van der Waals surface area contributed by atoms with Crippen LogP contribution in [0.4, 0.5) is 0 Å². The second-order valence-electron chi connectivity index (χ2n) is 14.2. The van der Waals surface area contributed by atoms with Gasteiger partial charge < -0.3 is 4.57 Å². The Labute approximate surface area is 312 Å². The van der Waals surface area contributed by atoms with Crippen molar-refractivity contribution in [3.05, 3.63) is 194 Å². The monoisotopic (exact) mass is 690 g/mol. The van der Waals surface area contributed by atoms with Gasteiger partial charge in [-0.3, -0.25) is 4.57 Å². The van der Waals surface area contributed by atoms with Crippen molar-refractivity contribution in [1.29, 1.82) is 0 Å². The quantitative estimate of drug-likeness (QED) is 0.180. The highest BCUT2D eigenvalue weighted by Gasteiger charge is 2.22. The van der Waals surface area contributed by atoms with E-state index in [0.29, 0.717) is 5.92 Å². The van der Waals surface area contributed by atoms with Gasteiger partial charge in [-0.25, -0.2) is 9.97 Å². The van der Waals surface area contributed by atoms with E-state index < -0.39 is 0 Å². The third-order valence-electron chi connectivity index (χ3n) is 11.0. The first kappa shape index (κ1) is 30.6. The van der Waals surface area contributed by atoms with Crippen LogP contribution in [0.15, 0.2) is 188 Å². The van der Waals surface area contributed by atoms with Crippen molar-refractivity contribution < 1.29 is 0 Å². The van der Waals surface area contributed by atoms with Crippen LogP contribution in [-0.4, -0.2) is 19.1 Å². The summed E-state index contributed by atoms with van der Waals surface area (Å²) in [6.45, 7) is 0. The fraction of sp³-hybridized carbons (Fsp3) is 0.0400. The molecule has 1 unspecified atom stereocenters. The summed E-state index contributed by atoms with van der Waals surface area (Å²) < 4.78 is 4.72. The lowest BCUT2D eigenvalue weighted by Crippen LogP contribution is -2.04. The Morgan fingerprint density at radius 1 is 0.444 bits per heavy atom. The average Bonchev–Trinajstić information content (AvgIpc) is 3.76. The molecule has 0 aliphatic heterocycles. The van der Waals surface area contributed by atoms with E-state index in [9.17, 15) is 0 Å². The Balaban J connectivity index is 1.16. The number of rotatable bonds is 5. The molecule has 254 valence electrons. The highest BCUT2D eigenvalue weighted by Crippen LogP contribution is 2.41. The van der Waals surface area contributed by atoms with Crippen LogP contribution in [0.3, 0.4) is 0 Å². The molecule has 0 radical (unpaired) electrons. The van der Waals surface area contributed by atoms with Gasteiger partial charge >= 0.3 is 0 Å². The largest absolute Gasteiger partial charge is 0.309 e. The van der Waals surface area contributed by atoms with E-state index in [0.717, 1.165) is 51.3 Å². The third-order valence-corrected chi connectivity index (χ3v) is 11.0. The van der Waals surface area contributed by atoms with Gasteiger partial charge in [0, 0.05) is 38.7 Å². The Morgan fingerprint density at radius 2 is 1.07 bits per heavy atom. The highest BCUT2D eigenvalue weighted by molar-refractivity contribution is 6.13. The van der Waals surface area contributed by atoms with Gasteiger partial charge in [-0.15, -0.1) is 0 Å². The van der Waals surface area contributed by atoms with Crippen molar-refractivity contribution in [2.24, 2.45) is 0 Å². The minimum Gasteiger partial charge on any atom is -0.309 e. The maximum absolute atomic E-state index is 5.38. The van der Waals surface area contributed by atoms with E-state index in [-0.39, 0.29) is 0 Å². The Bertz CT molecular complexity index is 3130. The van der Waals surface area contributed by atoms with Crippen LogP contribution in [-0.2, 0) is 0 Å². The van der Waals surface area contributed by atoms with Crippen LogP contribution < -0.4 is 0 Å². The molecule has 0 saturated heterocycles. The molecule has 4 heteroatoms. The number of para-hydroxylation sites is 4. The van der Waals surface area contributed by atoms with Crippen molar-refractivity contribution in [2.45, 2.75) is 12.3 Å². The number of fused-ring (bicyclic) bond motifs is 7. The summed E-state index contributed by atoms with van der Waals surface area (Å²) in [6.07, 6.45) is 9.85. The molecule has 11 rings (SSSR count). The van der Waals surface area contributed by atoms with Gasteiger partial charge in [0.05, 0.1) is 33.1 Å². The third kappa shape index (κ3) is 4.84. The predicted octanol–water partition coefficient (Wildman–Crippen LogP) is 12.8. The lowest BCUT2D eigenvalue weighted by molar-refractivity contribution is 0.854. The summed E-state index contributed by atoms with van der Waals surface area (Å²) in [5.41, 5.74) is 13.1. The van der Waals surface area contributed by atoms with Crippen LogP contribution in [0, 0.1) is 0 Å². The summed E-state index contributed by atoms with van der Waals surface area (Å²) >= 11 is 0. The number of hydrogen-bond donors (Lipinski definition) is 0. The zero-order valence-electron chi connectivity index (χ0n) is 29.5. The van der Waals surface area contributed by atoms with Crippen molar-refractivity contribution in [2.75, 3.05) is 0 Å². The molecular formula is C50H34N4. The van der Waals surface area contributed by atoms with E-state index in [1.165, 1.54) is 49.3 Å². The van der Waals surface area contributed by atoms with E-state index in [2.05, 4.69) is 179 Å². The van der Waals surface area contributed by atoms with E-state index in [1.54, 1.807) is 0 Å². The fourth-order valence-electron chi connectivity index (χ4n) is 8.45. The van der Waals surface area contributed by atoms with E-state index in [4.69, 9.17) is 9.97 Å². The lowest BCUT2D eigenvalue weighted by Gasteiger charge is -2.16. The molecule has 0 N–H and O–H groups in total. The van der Waals surface area contributed by atoms with E-state index >= 15 is 0 Å². The summed E-state index contributed by atoms with van der Waals surface area (Å²) in [5, 5.41) is 4.88. The minimum absolute atomic E-state index is 0.322. The van der Waals surface area contributed by atoms with Gasteiger partial charge in [0.15, 0.2) is 5.82 Å². The molecule has 0 saturated carbocycles. The van der Waals surface area contributed by atoms with Gasteiger partial charge in [0.1, 0.15) is 5.69 Å². The van der Waals surface area contributed by atoms with Crippen LogP contribution >= 0.6 is 0 Å². The minimum atomic E-state index is 0.322. The Hall–Kier alpha value is -7.04. The molecule has 3 aromatic heterocycles. The number of allylic oxidation sites excluding steroid dienone is 4. The number of hydrogen-bond acceptors (Lipinski definition) is 2. The van der Waals surface area contributed by atoms with E-state index in [1.807, 2.05) is 18.2 Å². The first-order chi connectivity index (χ1) is 26.8. The standard InChI is InChI=1S/C50H34N4/c1-4-14-33(15-5-1)37-24-27-40-42-31-36(35-25-28-46-41(30-35)39-20-10-13-23-45(39)53(46)38-18-8-3-9-19-38)26-29-47(42)54(48(40)32-37)50-49(34-16-6-2-7-17-34)51-43-21-11-12-22-44(43)52-50/h1-14,16-33H,15H2. The second-order valence-corrected chi connectivity index (χ2v) is 14.2. The van der Waals surface area contributed by atoms with Gasteiger partial charge in [-0.05, 0) is 83.8 Å². The molecule has 1 aliphatic rings. The number of benzene rings is 7. The number of nitrogens with zero attached hydrogens (tertiary/aromatic N) is 4. The summed E-state index contributed by atoms with van der Waals surface area (Å²) in [6, 6.07) is 58.8. The molecule has 1 aliphatic carbocycles. The molecule has 54 heavy (non-hydrogen) atoms. The highest BCUT2D eigenvalue weighted by atomic mass is 15.1. The zero-order valence-corrected chi connectivity index (χ0v) is 29.5. The van der Waals surface area contributed by atoms with Gasteiger partial charge in [-0.1, -0.05) is 127 Å². The van der Waals surface area contributed by atoms with Crippen molar-refractivity contribution in [3.8, 4) is 33.9 Å². The van der Waals surface area contributed by atoms with Crippen LogP contribution in [0.5, 0.6) is 0 Å². The molecule has 0 bridgehead atoms. The first-order valence-electron chi connectivity index (χ1n) is 18.6. The summed E-state index contributed by atoms with van der Waals surface area (Å²) in [5.74, 6) is 1.15. The molecule has 3 heterocycles. The fourth-order valence-corrected chi connectivity index (χ4v) is 8.45. The second kappa shape index (κ2) is 12.3. The molecule has 0 amide bonds. The molecule has 4 nitrogen and oxygen atoms in total. The smallest absolute Gasteiger partial charge is 0.165 e. The van der Waals surface area contributed by atoms with Gasteiger partial charge in [-0.2, -0.15) is 0 Å². The predicted molar refractivity (Wildman–Crippen MR) is 225 cm³/mol. The molecule has 0 spiro atoms. The maximum Gasteiger partial charge on any atom is 0.165 e. The van der Waals surface area contributed by atoms with Crippen molar-refractivity contribution >= 4 is 54.6 Å². The maximum atomic E-state index is 5.38. The summed E-state index contributed by atoms with van der Waals surface area (Å²) in [4.78, 5) is 10.6. The SMILES string of the molecule is C1=CCC(c2ccc3c4cc(-c5ccc6c(c5)c5ccccc5n6-c5ccccc5)ccc4n(-c4nc5ccccc5nc4-c4ccccc4)c3c2)C=C1. The van der Waals surface area contributed by atoms with Gasteiger partial charge in [0.2, 0.25) is 0 Å².